The number of hydrogen-bond donors (Lipinski definition) is 1. The Morgan fingerprint density at radius 1 is 1.00 bits per heavy atom. The van der Waals surface area contributed by atoms with Crippen LogP contribution in [0.15, 0.2) is 36.4 Å². The third kappa shape index (κ3) is 1.56. The van der Waals surface area contributed by atoms with Crippen molar-refractivity contribution >= 4 is 0 Å². The predicted octanol–water partition coefficient (Wildman–Crippen LogP) is 1.89. The summed E-state index contributed by atoms with van der Waals surface area (Å²) in [6, 6.07) is 8.61. The summed E-state index contributed by atoms with van der Waals surface area (Å²) in [5.74, 6) is 0. The van der Waals surface area contributed by atoms with Crippen LogP contribution in [0.1, 0.15) is 11.1 Å². The molecule has 0 amide bonds. The van der Waals surface area contributed by atoms with E-state index in [2.05, 4.69) is 41.7 Å². The van der Waals surface area contributed by atoms with Crippen molar-refractivity contribution in [1.29, 1.82) is 0 Å². The van der Waals surface area contributed by atoms with Crippen molar-refractivity contribution in [3.8, 4) is 0 Å². The Morgan fingerprint density at radius 2 is 1.83 bits per heavy atom. The minimum atomic E-state index is 0.994. The molecule has 1 N–H and O–H groups in total. The van der Waals surface area contributed by atoms with E-state index in [1.165, 1.54) is 11.1 Å². The van der Waals surface area contributed by atoms with Gasteiger partial charge in [0.05, 0.1) is 0 Å². The third-order valence-corrected chi connectivity index (χ3v) is 2.20. The summed E-state index contributed by atoms with van der Waals surface area (Å²) in [6.45, 7) is 1.99. The highest BCUT2D eigenvalue weighted by Gasteiger charge is 2.00. The van der Waals surface area contributed by atoms with Gasteiger partial charge in [-0.05, 0) is 17.5 Å². The molecule has 0 spiro atoms. The molecule has 1 nitrogen and oxygen atoms in total. The first-order valence-corrected chi connectivity index (χ1v) is 4.39. The van der Waals surface area contributed by atoms with Crippen molar-refractivity contribution in [2.75, 3.05) is 6.54 Å². The van der Waals surface area contributed by atoms with Crippen LogP contribution in [0.25, 0.3) is 0 Å². The van der Waals surface area contributed by atoms with Crippen LogP contribution in [0.3, 0.4) is 0 Å². The molecule has 1 aliphatic rings. The Labute approximate surface area is 73.1 Å². The van der Waals surface area contributed by atoms with E-state index in [0.29, 0.717) is 0 Å². The smallest absolute Gasteiger partial charge is 0.0211 e. The van der Waals surface area contributed by atoms with Gasteiger partial charge in [0, 0.05) is 13.1 Å². The minimum Gasteiger partial charge on any atom is -0.309 e. The molecule has 1 aliphatic heterocycles. The second kappa shape index (κ2) is 3.55. The van der Waals surface area contributed by atoms with Gasteiger partial charge in [0.25, 0.3) is 0 Å². The Bertz CT molecular complexity index is 289. The number of nitrogens with one attached hydrogen (secondary N) is 1. The maximum absolute atomic E-state index is 3.36. The summed E-state index contributed by atoms with van der Waals surface area (Å²) >= 11 is 0. The van der Waals surface area contributed by atoms with E-state index in [9.17, 15) is 0 Å². The SMILES string of the molecule is C1=C\Cc2ccccc2CNC/1. The van der Waals surface area contributed by atoms with E-state index < -0.39 is 0 Å². The van der Waals surface area contributed by atoms with Crippen LogP contribution in [0, 0.1) is 0 Å². The summed E-state index contributed by atoms with van der Waals surface area (Å²) in [5, 5.41) is 3.36. The molecule has 0 saturated heterocycles. The van der Waals surface area contributed by atoms with E-state index in [1.54, 1.807) is 0 Å². The lowest BCUT2D eigenvalue weighted by Crippen LogP contribution is -2.15. The predicted molar refractivity (Wildman–Crippen MR) is 51.0 cm³/mol. The number of allylic oxidation sites excluding steroid dienone is 1. The normalized spacial score (nSPS) is 19.0. The topological polar surface area (TPSA) is 12.0 Å². The van der Waals surface area contributed by atoms with Crippen LogP contribution >= 0.6 is 0 Å². The molecule has 1 aromatic carbocycles. The van der Waals surface area contributed by atoms with Crippen molar-refractivity contribution in [2.24, 2.45) is 0 Å². The summed E-state index contributed by atoms with van der Waals surface area (Å²) in [7, 11) is 0. The number of hydrogen-bond acceptors (Lipinski definition) is 1. The molecule has 62 valence electrons. The zero-order chi connectivity index (χ0) is 8.23. The van der Waals surface area contributed by atoms with Crippen LogP contribution in [0.2, 0.25) is 0 Å². The molecule has 0 fully saturated rings. The summed E-state index contributed by atoms with van der Waals surface area (Å²) < 4.78 is 0. The summed E-state index contributed by atoms with van der Waals surface area (Å²) in [4.78, 5) is 0. The molecule has 0 bridgehead atoms. The van der Waals surface area contributed by atoms with Crippen LogP contribution in [0.4, 0.5) is 0 Å². The van der Waals surface area contributed by atoms with Gasteiger partial charge in [-0.1, -0.05) is 36.4 Å². The second-order valence-corrected chi connectivity index (χ2v) is 3.08. The van der Waals surface area contributed by atoms with E-state index in [-0.39, 0.29) is 0 Å². The van der Waals surface area contributed by atoms with Gasteiger partial charge in [-0.2, -0.15) is 0 Å². The highest BCUT2D eigenvalue weighted by atomic mass is 14.8. The Hall–Kier alpha value is -1.08. The minimum absolute atomic E-state index is 0.994. The van der Waals surface area contributed by atoms with Crippen LogP contribution in [0.5, 0.6) is 0 Å². The van der Waals surface area contributed by atoms with Gasteiger partial charge >= 0.3 is 0 Å². The second-order valence-electron chi connectivity index (χ2n) is 3.08. The third-order valence-electron chi connectivity index (χ3n) is 2.20. The molecular formula is C11H13N. The fraction of sp³-hybridized carbons (Fsp3) is 0.273. The monoisotopic (exact) mass is 159 g/mol. The number of fused-ring (bicyclic) bond motifs is 1. The number of benzene rings is 1. The average molecular weight is 159 g/mol. The Kier molecular flexibility index (Phi) is 2.23. The van der Waals surface area contributed by atoms with E-state index in [0.717, 1.165) is 19.5 Å². The lowest BCUT2D eigenvalue weighted by molar-refractivity contribution is 0.745. The van der Waals surface area contributed by atoms with Crippen molar-refractivity contribution in [1.82, 2.24) is 5.32 Å². The molecule has 0 unspecified atom stereocenters. The average Bonchev–Trinajstić information content (AvgIpc) is 2.06. The highest BCUT2D eigenvalue weighted by Crippen LogP contribution is 2.10. The van der Waals surface area contributed by atoms with Crippen molar-refractivity contribution in [3.63, 3.8) is 0 Å². The zero-order valence-electron chi connectivity index (χ0n) is 7.09. The van der Waals surface area contributed by atoms with Gasteiger partial charge in [0.1, 0.15) is 0 Å². The van der Waals surface area contributed by atoms with E-state index in [4.69, 9.17) is 0 Å². The quantitative estimate of drug-likeness (QED) is 0.570. The summed E-state index contributed by atoms with van der Waals surface area (Å²) in [6.07, 6.45) is 5.50. The molecule has 2 rings (SSSR count). The summed E-state index contributed by atoms with van der Waals surface area (Å²) in [5.41, 5.74) is 2.88. The molecular weight excluding hydrogens is 146 g/mol. The largest absolute Gasteiger partial charge is 0.309 e. The maximum Gasteiger partial charge on any atom is 0.0211 e. The Balaban J connectivity index is 2.32. The molecule has 0 aromatic heterocycles. The first-order valence-electron chi connectivity index (χ1n) is 4.39. The molecule has 12 heavy (non-hydrogen) atoms. The lowest BCUT2D eigenvalue weighted by atomic mass is 10.0. The fourth-order valence-electron chi connectivity index (χ4n) is 1.51. The van der Waals surface area contributed by atoms with Crippen LogP contribution < -0.4 is 5.32 Å². The highest BCUT2D eigenvalue weighted by molar-refractivity contribution is 5.29. The lowest BCUT2D eigenvalue weighted by Gasteiger charge is -2.10. The van der Waals surface area contributed by atoms with E-state index in [1.807, 2.05) is 0 Å². The van der Waals surface area contributed by atoms with Gasteiger partial charge < -0.3 is 5.32 Å². The van der Waals surface area contributed by atoms with Crippen molar-refractivity contribution in [2.45, 2.75) is 13.0 Å². The van der Waals surface area contributed by atoms with Crippen molar-refractivity contribution < 1.29 is 0 Å². The van der Waals surface area contributed by atoms with Gasteiger partial charge in [0.2, 0.25) is 0 Å². The zero-order valence-corrected chi connectivity index (χ0v) is 7.09. The number of rotatable bonds is 0. The van der Waals surface area contributed by atoms with Gasteiger partial charge in [-0.3, -0.25) is 0 Å². The first-order chi connectivity index (χ1) is 5.97. The fourth-order valence-corrected chi connectivity index (χ4v) is 1.51. The Morgan fingerprint density at radius 3 is 2.75 bits per heavy atom. The first kappa shape index (κ1) is 7.56. The maximum atomic E-state index is 3.36. The van der Waals surface area contributed by atoms with Crippen LogP contribution in [-0.4, -0.2) is 6.54 Å². The molecule has 1 aromatic rings. The molecule has 1 heterocycles. The van der Waals surface area contributed by atoms with Gasteiger partial charge in [-0.15, -0.1) is 0 Å². The van der Waals surface area contributed by atoms with Gasteiger partial charge in [-0.25, -0.2) is 0 Å². The van der Waals surface area contributed by atoms with Crippen molar-refractivity contribution in [3.05, 3.63) is 47.5 Å². The standard InChI is InChI=1S/C11H13N/c1-2-7-11-9-12-8-4-3-6-10(11)5-1/h1-5,7,12H,6,8-9H2/b4-3-. The van der Waals surface area contributed by atoms with E-state index >= 15 is 0 Å². The molecule has 0 radical (unpaired) electrons. The molecule has 1 heteroatoms. The molecule has 0 saturated carbocycles. The van der Waals surface area contributed by atoms with Crippen LogP contribution in [-0.2, 0) is 13.0 Å². The molecule has 0 aliphatic carbocycles. The molecule has 0 atom stereocenters. The van der Waals surface area contributed by atoms with Gasteiger partial charge in [0.15, 0.2) is 0 Å².